The van der Waals surface area contributed by atoms with Crippen LogP contribution in [0.3, 0.4) is 0 Å². The molecule has 0 saturated heterocycles. The average Bonchev–Trinajstić information content (AvgIpc) is 3.50. The third kappa shape index (κ3) is 68.9. The highest BCUT2D eigenvalue weighted by Gasteiger charge is 2.22. The number of nitrogens with zero attached hydrogens (tertiary/aromatic N) is 1. The minimum absolute atomic E-state index is 0.0455. The van der Waals surface area contributed by atoms with Crippen molar-refractivity contribution in [1.82, 2.24) is 0 Å². The third-order valence-electron chi connectivity index (χ3n) is 14.1. The van der Waals surface area contributed by atoms with Gasteiger partial charge in [-0.25, -0.2) is 0 Å². The number of phosphoric acid groups is 1. The number of carbonyl (C=O) groups is 2. The van der Waals surface area contributed by atoms with E-state index in [4.69, 9.17) is 18.5 Å². The van der Waals surface area contributed by atoms with Gasteiger partial charge in [0.25, 0.3) is 7.82 Å². The number of ether oxygens (including phenoxy) is 2. The van der Waals surface area contributed by atoms with Crippen LogP contribution in [0, 0.1) is 0 Å². The molecule has 0 aliphatic heterocycles. The summed E-state index contributed by atoms with van der Waals surface area (Å²) >= 11 is 0. The Morgan fingerprint density at radius 1 is 0.376 bits per heavy atom. The molecular weight excluding hydrogens is 1070 g/mol. The van der Waals surface area contributed by atoms with Crippen LogP contribution in [0.5, 0.6) is 0 Å². The van der Waals surface area contributed by atoms with Gasteiger partial charge in [-0.05, 0) is 103 Å². The zero-order valence-electron chi connectivity index (χ0n) is 55.0. The molecule has 0 amide bonds. The lowest BCUT2D eigenvalue weighted by molar-refractivity contribution is -0.870. The van der Waals surface area contributed by atoms with Crippen LogP contribution in [0.25, 0.3) is 0 Å². The van der Waals surface area contributed by atoms with Crippen LogP contribution in [-0.2, 0) is 32.7 Å². The van der Waals surface area contributed by atoms with Crippen molar-refractivity contribution in [2.75, 3.05) is 47.5 Å². The molecule has 0 aliphatic carbocycles. The number of allylic oxidation sites excluding steroid dienone is 24. The lowest BCUT2D eigenvalue weighted by atomic mass is 10.0. The Bertz CT molecular complexity index is 1940. The minimum atomic E-state index is -4.66. The lowest BCUT2D eigenvalue weighted by Crippen LogP contribution is -2.37. The maximum Gasteiger partial charge on any atom is 0.306 e. The molecule has 0 spiro atoms. The molecule has 0 aromatic heterocycles. The van der Waals surface area contributed by atoms with Crippen molar-refractivity contribution in [2.45, 2.75) is 270 Å². The molecule has 0 radical (unpaired) electrons. The predicted octanol–water partition coefficient (Wildman–Crippen LogP) is 21.6. The van der Waals surface area contributed by atoms with Gasteiger partial charge in [-0.3, -0.25) is 14.2 Å². The lowest BCUT2D eigenvalue weighted by Gasteiger charge is -2.28. The van der Waals surface area contributed by atoms with Crippen LogP contribution in [0.4, 0.5) is 0 Å². The van der Waals surface area contributed by atoms with Crippen LogP contribution in [0.15, 0.2) is 146 Å². The summed E-state index contributed by atoms with van der Waals surface area (Å²) in [6, 6.07) is 0. The van der Waals surface area contributed by atoms with Gasteiger partial charge in [0.1, 0.15) is 19.8 Å². The smallest absolute Gasteiger partial charge is 0.306 e. The summed E-state index contributed by atoms with van der Waals surface area (Å²) in [5.74, 6) is -0.886. The summed E-state index contributed by atoms with van der Waals surface area (Å²) in [5, 5.41) is 0. The van der Waals surface area contributed by atoms with Gasteiger partial charge < -0.3 is 27.9 Å². The fourth-order valence-corrected chi connectivity index (χ4v) is 9.66. The first-order valence-electron chi connectivity index (χ1n) is 34.0. The quantitative estimate of drug-likeness (QED) is 0.0195. The number of rotatable bonds is 61. The summed E-state index contributed by atoms with van der Waals surface area (Å²) < 4.78 is 34.2. The van der Waals surface area contributed by atoms with Gasteiger partial charge in [0.15, 0.2) is 6.10 Å². The number of likely N-dealkylation sites (N-methyl/N-ethyl adjacent to an activating group) is 1. The highest BCUT2D eigenvalue weighted by atomic mass is 31.2. The first kappa shape index (κ1) is 80.9. The van der Waals surface area contributed by atoms with E-state index < -0.39 is 32.5 Å². The van der Waals surface area contributed by atoms with E-state index >= 15 is 0 Å². The number of phosphoric ester groups is 1. The van der Waals surface area contributed by atoms with Crippen LogP contribution in [-0.4, -0.2) is 70.0 Å². The van der Waals surface area contributed by atoms with E-state index in [-0.39, 0.29) is 26.1 Å². The Kier molecular flexibility index (Phi) is 61.3. The molecular formula is C75H126NO8P. The van der Waals surface area contributed by atoms with Crippen molar-refractivity contribution in [3.05, 3.63) is 146 Å². The van der Waals surface area contributed by atoms with E-state index in [0.29, 0.717) is 17.4 Å². The molecule has 9 nitrogen and oxygen atoms in total. The van der Waals surface area contributed by atoms with Gasteiger partial charge in [0.2, 0.25) is 0 Å². The Morgan fingerprint density at radius 2 is 0.671 bits per heavy atom. The number of carbonyl (C=O) groups excluding carboxylic acids is 2. The molecule has 0 aromatic rings. The maximum absolute atomic E-state index is 12.8. The minimum Gasteiger partial charge on any atom is -0.756 e. The van der Waals surface area contributed by atoms with Crippen LogP contribution in [0.2, 0.25) is 0 Å². The molecule has 2 unspecified atom stereocenters. The van der Waals surface area contributed by atoms with Crippen molar-refractivity contribution in [1.29, 1.82) is 0 Å². The second-order valence-electron chi connectivity index (χ2n) is 23.5. The van der Waals surface area contributed by atoms with E-state index in [0.717, 1.165) is 109 Å². The first-order chi connectivity index (χ1) is 41.5. The molecule has 85 heavy (non-hydrogen) atoms. The topological polar surface area (TPSA) is 111 Å². The van der Waals surface area contributed by atoms with Gasteiger partial charge in [0.05, 0.1) is 27.7 Å². The highest BCUT2D eigenvalue weighted by Crippen LogP contribution is 2.38. The molecule has 0 bridgehead atoms. The molecule has 0 fully saturated rings. The van der Waals surface area contributed by atoms with Crippen molar-refractivity contribution < 1.29 is 42.1 Å². The first-order valence-corrected chi connectivity index (χ1v) is 35.5. The molecule has 0 aliphatic rings. The van der Waals surface area contributed by atoms with Gasteiger partial charge >= 0.3 is 11.9 Å². The number of unbranched alkanes of at least 4 members (excludes halogenated alkanes) is 23. The second kappa shape index (κ2) is 64.4. The van der Waals surface area contributed by atoms with Crippen molar-refractivity contribution >= 4 is 19.8 Å². The molecule has 0 rings (SSSR count). The van der Waals surface area contributed by atoms with Gasteiger partial charge in [-0.1, -0.05) is 295 Å². The van der Waals surface area contributed by atoms with Crippen LogP contribution < -0.4 is 4.89 Å². The molecule has 0 aromatic carbocycles. The largest absolute Gasteiger partial charge is 0.756 e. The molecule has 10 heteroatoms. The number of esters is 2. The van der Waals surface area contributed by atoms with Crippen molar-refractivity contribution in [2.24, 2.45) is 0 Å². The van der Waals surface area contributed by atoms with Gasteiger partial charge in [-0.15, -0.1) is 0 Å². The highest BCUT2D eigenvalue weighted by molar-refractivity contribution is 7.45. The number of hydrogen-bond acceptors (Lipinski definition) is 8. The molecule has 0 N–H and O–H groups in total. The Labute approximate surface area is 523 Å². The van der Waals surface area contributed by atoms with Crippen LogP contribution in [0.1, 0.15) is 264 Å². The summed E-state index contributed by atoms with van der Waals surface area (Å²) in [6.07, 6.45) is 95.0. The zero-order chi connectivity index (χ0) is 61.9. The predicted molar refractivity (Wildman–Crippen MR) is 364 cm³/mol. The zero-order valence-corrected chi connectivity index (χ0v) is 55.9. The molecule has 0 heterocycles. The van der Waals surface area contributed by atoms with Crippen LogP contribution >= 0.6 is 7.82 Å². The van der Waals surface area contributed by atoms with E-state index in [1.807, 2.05) is 21.1 Å². The molecule has 0 saturated carbocycles. The van der Waals surface area contributed by atoms with E-state index in [1.165, 1.54) is 122 Å². The molecule has 2 atom stereocenters. The summed E-state index contributed by atoms with van der Waals surface area (Å²) in [7, 11) is 1.12. The van der Waals surface area contributed by atoms with Crippen molar-refractivity contribution in [3.63, 3.8) is 0 Å². The summed E-state index contributed by atoms with van der Waals surface area (Å²) in [4.78, 5) is 38.0. The third-order valence-corrected chi connectivity index (χ3v) is 15.1. The monoisotopic (exact) mass is 1200 g/mol. The van der Waals surface area contributed by atoms with Gasteiger partial charge in [0, 0.05) is 12.8 Å². The SMILES string of the molecule is CC/C=C\C/C=C\C/C=C\C/C=C\C/C=C\C/C=C\C/C=C\C/C=C\C/C=C\C/C=C\C/C=C\C/C=C\CCCCC(=O)OC(COC(=O)CCCCCCCCCCCCCCCCCCCCCCCC)COP(=O)([O-])OCC[N+](C)(C)C. The van der Waals surface area contributed by atoms with E-state index in [9.17, 15) is 19.0 Å². The van der Waals surface area contributed by atoms with Crippen molar-refractivity contribution in [3.8, 4) is 0 Å². The Morgan fingerprint density at radius 3 is 1.00 bits per heavy atom. The van der Waals surface area contributed by atoms with E-state index in [1.54, 1.807) is 0 Å². The molecule has 484 valence electrons. The Balaban J connectivity index is 4.21. The van der Waals surface area contributed by atoms with Gasteiger partial charge in [-0.2, -0.15) is 0 Å². The number of quaternary nitrogens is 1. The fraction of sp³-hybridized carbons (Fsp3) is 0.653. The summed E-state index contributed by atoms with van der Waals surface area (Å²) in [6.45, 7) is 4.09. The second-order valence-corrected chi connectivity index (χ2v) is 24.9. The fourth-order valence-electron chi connectivity index (χ4n) is 8.93. The normalized spacial score (nSPS) is 14.1. The summed E-state index contributed by atoms with van der Waals surface area (Å²) in [5.41, 5.74) is 0. The van der Waals surface area contributed by atoms with E-state index in [2.05, 4.69) is 160 Å². The Hall–Kier alpha value is -4.11. The maximum atomic E-state index is 12.8. The number of hydrogen-bond donors (Lipinski definition) is 0. The average molecular weight is 1200 g/mol. The standard InChI is InChI=1S/C75H126NO8P/c1-6-8-10-12-14-16-18-20-22-24-26-28-30-31-32-33-34-35-36-37-38-39-40-41-42-43-44-45-46-48-50-52-54-56-58-60-62-64-66-68-75(78)84-73(72-83-85(79,80)82-70-69-76(3,4)5)71-81-74(77)67-65-63-61-59-57-55-53-51-49-47-29-27-25-23-21-19-17-15-13-11-9-7-2/h8,10,14,16,20,22,26,28,31-32,34-35,37-38,40-41,43-44,46,48,52,54,58,60,73H,6-7,9,11-13,15,17-19,21,23-25,27,29-30,33,36,39,42,45,47,49-51,53,55-57,59,61-72H2,1-5H3/b10-8-,16-14-,22-20-,28-26-,32-31-,35-34-,38-37-,41-40-,44-43-,48-46-,54-52-,60-58-.